The molecule has 0 atom stereocenters. The molecule has 0 saturated carbocycles. The Morgan fingerprint density at radius 2 is 1.92 bits per heavy atom. The predicted molar refractivity (Wildman–Crippen MR) is 143 cm³/mol. The van der Waals surface area contributed by atoms with Crippen molar-refractivity contribution in [2.24, 2.45) is 10.1 Å². The highest BCUT2D eigenvalue weighted by Gasteiger charge is 2.18. The van der Waals surface area contributed by atoms with Gasteiger partial charge in [-0.1, -0.05) is 30.3 Å². The van der Waals surface area contributed by atoms with Crippen molar-refractivity contribution in [3.8, 4) is 22.8 Å². The number of rotatable bonds is 7. The maximum absolute atomic E-state index is 11.8. The first kappa shape index (κ1) is 23.6. The van der Waals surface area contributed by atoms with Crippen molar-refractivity contribution in [2.75, 3.05) is 11.9 Å². The van der Waals surface area contributed by atoms with Gasteiger partial charge in [0.15, 0.2) is 6.61 Å². The topological polar surface area (TPSA) is 77.2 Å². The predicted octanol–water partition coefficient (Wildman–Crippen LogP) is 5.32. The third-order valence-electron chi connectivity index (χ3n) is 5.41. The first-order valence-electron chi connectivity index (χ1n) is 11.7. The van der Waals surface area contributed by atoms with Gasteiger partial charge in [-0.05, 0) is 67.4 Å². The highest BCUT2D eigenvalue weighted by atomic mass is 32.1. The van der Waals surface area contributed by atoms with Crippen molar-refractivity contribution < 1.29 is 14.3 Å². The van der Waals surface area contributed by atoms with Gasteiger partial charge < -0.3 is 14.8 Å². The molecule has 0 radical (unpaired) electrons. The van der Waals surface area contributed by atoms with Crippen LogP contribution in [0, 0.1) is 0 Å². The minimum Gasteiger partial charge on any atom is -0.489 e. The van der Waals surface area contributed by atoms with E-state index in [1.54, 1.807) is 6.21 Å². The first-order chi connectivity index (χ1) is 17.5. The van der Waals surface area contributed by atoms with E-state index < -0.39 is 0 Å². The Hall–Kier alpha value is -4.17. The molecular weight excluding hydrogens is 472 g/mol. The van der Waals surface area contributed by atoms with Crippen LogP contribution in [0.4, 0.5) is 5.69 Å². The van der Waals surface area contributed by atoms with E-state index >= 15 is 0 Å². The summed E-state index contributed by atoms with van der Waals surface area (Å²) in [6.07, 6.45) is 1.81. The van der Waals surface area contributed by atoms with Gasteiger partial charge in [-0.25, -0.2) is 4.68 Å². The van der Waals surface area contributed by atoms with Crippen LogP contribution in [-0.4, -0.2) is 29.4 Å². The van der Waals surface area contributed by atoms with Crippen LogP contribution in [-0.2, 0) is 11.4 Å². The van der Waals surface area contributed by atoms with E-state index in [2.05, 4.69) is 5.32 Å². The number of amides is 1. The number of thiazole rings is 1. The molecule has 1 aromatic heterocycles. The average Bonchev–Trinajstić information content (AvgIpc) is 3.28. The molecule has 0 spiro atoms. The molecule has 0 aliphatic carbocycles. The number of aromatic nitrogens is 1. The van der Waals surface area contributed by atoms with Gasteiger partial charge in [-0.3, -0.25) is 9.79 Å². The minimum atomic E-state index is -0.164. The summed E-state index contributed by atoms with van der Waals surface area (Å²) in [7, 11) is 0. The lowest BCUT2D eigenvalue weighted by atomic mass is 10.1. The van der Waals surface area contributed by atoms with Crippen molar-refractivity contribution >= 4 is 29.1 Å². The Morgan fingerprint density at radius 3 is 2.69 bits per heavy atom. The molecular formula is C28H26N4O3S. The summed E-state index contributed by atoms with van der Waals surface area (Å²) >= 11 is 1.52. The van der Waals surface area contributed by atoms with Gasteiger partial charge in [-0.2, -0.15) is 5.10 Å². The molecule has 3 aromatic carbocycles. The average molecular weight is 499 g/mol. The van der Waals surface area contributed by atoms with Gasteiger partial charge in [0.2, 0.25) is 4.80 Å². The molecule has 5 rings (SSSR count). The molecule has 8 heteroatoms. The zero-order valence-corrected chi connectivity index (χ0v) is 20.9. The molecule has 36 heavy (non-hydrogen) atoms. The second kappa shape index (κ2) is 10.6. The lowest BCUT2D eigenvalue weighted by molar-refractivity contribution is -0.118. The van der Waals surface area contributed by atoms with E-state index in [4.69, 9.17) is 19.6 Å². The SMILES string of the molecule is CC(C)N=c1scc(-c2ccc3c(c2)NC(=O)CO3)n1N=Cc1ccc(OCc2ccccc2)cc1. The summed E-state index contributed by atoms with van der Waals surface area (Å²) in [5.41, 5.74) is 4.50. The molecule has 7 nitrogen and oxygen atoms in total. The monoisotopic (exact) mass is 498 g/mol. The Bertz CT molecular complexity index is 1450. The summed E-state index contributed by atoms with van der Waals surface area (Å²) in [5.74, 6) is 1.29. The number of benzene rings is 3. The molecule has 0 unspecified atom stereocenters. The molecule has 0 bridgehead atoms. The van der Waals surface area contributed by atoms with Crippen molar-refractivity contribution in [3.63, 3.8) is 0 Å². The standard InChI is InChI=1S/C28H26N4O3S/c1-19(2)30-28-32(25(18-36-28)22-10-13-26-24(14-22)31-27(33)17-35-26)29-15-20-8-11-23(12-9-20)34-16-21-6-4-3-5-7-21/h3-15,18-19H,16-17H2,1-2H3,(H,31,33). The lowest BCUT2D eigenvalue weighted by Gasteiger charge is -2.18. The summed E-state index contributed by atoms with van der Waals surface area (Å²) in [5, 5.41) is 9.65. The number of carbonyl (C=O) groups excluding carboxylic acids is 1. The molecule has 1 aliphatic heterocycles. The van der Waals surface area contributed by atoms with E-state index in [9.17, 15) is 4.79 Å². The number of anilines is 1. The molecule has 182 valence electrons. The van der Waals surface area contributed by atoms with Crippen LogP contribution in [0.2, 0.25) is 0 Å². The van der Waals surface area contributed by atoms with E-state index in [0.717, 1.165) is 32.9 Å². The van der Waals surface area contributed by atoms with Crippen molar-refractivity contribution in [3.05, 3.63) is 94.1 Å². The number of hydrogen-bond acceptors (Lipinski definition) is 6. The van der Waals surface area contributed by atoms with Gasteiger partial charge in [0.25, 0.3) is 5.91 Å². The Kier molecular flexibility index (Phi) is 6.95. The van der Waals surface area contributed by atoms with Crippen molar-refractivity contribution in [1.82, 2.24) is 4.68 Å². The van der Waals surface area contributed by atoms with Crippen LogP contribution in [0.15, 0.2) is 88.3 Å². The quantitative estimate of drug-likeness (QED) is 0.351. The Morgan fingerprint density at radius 1 is 1.11 bits per heavy atom. The van der Waals surface area contributed by atoms with Gasteiger partial charge in [0.1, 0.15) is 18.1 Å². The maximum Gasteiger partial charge on any atom is 0.262 e. The molecule has 2 heterocycles. The molecule has 0 fully saturated rings. The summed E-state index contributed by atoms with van der Waals surface area (Å²) in [4.78, 5) is 17.3. The fraction of sp³-hybridized carbons (Fsp3) is 0.179. The fourth-order valence-corrected chi connectivity index (χ4v) is 4.65. The van der Waals surface area contributed by atoms with E-state index in [0.29, 0.717) is 18.0 Å². The van der Waals surface area contributed by atoms with Crippen LogP contribution >= 0.6 is 11.3 Å². The van der Waals surface area contributed by atoms with Gasteiger partial charge in [0.05, 0.1) is 17.6 Å². The van der Waals surface area contributed by atoms with Crippen molar-refractivity contribution in [2.45, 2.75) is 26.5 Å². The second-order valence-electron chi connectivity index (χ2n) is 8.57. The molecule has 4 aromatic rings. The lowest BCUT2D eigenvalue weighted by Crippen LogP contribution is -2.25. The molecule has 1 N–H and O–H groups in total. The van der Waals surface area contributed by atoms with Gasteiger partial charge in [0, 0.05) is 17.0 Å². The minimum absolute atomic E-state index is 0.0304. The number of ether oxygens (including phenoxy) is 2. The third-order valence-corrected chi connectivity index (χ3v) is 6.24. The molecule has 1 amide bonds. The van der Waals surface area contributed by atoms with Gasteiger partial charge in [-0.15, -0.1) is 11.3 Å². The highest BCUT2D eigenvalue weighted by Crippen LogP contribution is 2.33. The summed E-state index contributed by atoms with van der Waals surface area (Å²) < 4.78 is 13.2. The maximum atomic E-state index is 11.8. The van der Waals surface area contributed by atoms with Crippen LogP contribution in [0.5, 0.6) is 11.5 Å². The van der Waals surface area contributed by atoms with Crippen LogP contribution in [0.1, 0.15) is 25.0 Å². The summed E-state index contributed by atoms with van der Waals surface area (Å²) in [6.45, 7) is 4.62. The van der Waals surface area contributed by atoms with Gasteiger partial charge >= 0.3 is 0 Å². The van der Waals surface area contributed by atoms with Crippen LogP contribution in [0.25, 0.3) is 11.3 Å². The van der Waals surface area contributed by atoms with Crippen LogP contribution in [0.3, 0.4) is 0 Å². The Balaban J connectivity index is 1.40. The molecule has 0 saturated heterocycles. The second-order valence-corrected chi connectivity index (χ2v) is 9.41. The smallest absolute Gasteiger partial charge is 0.262 e. The Labute approximate surface area is 213 Å². The van der Waals surface area contributed by atoms with Crippen LogP contribution < -0.4 is 19.6 Å². The van der Waals surface area contributed by atoms with E-state index in [-0.39, 0.29) is 18.6 Å². The number of hydrogen-bond donors (Lipinski definition) is 1. The largest absolute Gasteiger partial charge is 0.489 e. The van der Waals surface area contributed by atoms with E-state index in [1.807, 2.05) is 96.7 Å². The number of carbonyl (C=O) groups is 1. The normalized spacial score (nSPS) is 13.5. The molecule has 1 aliphatic rings. The van der Waals surface area contributed by atoms with E-state index in [1.165, 1.54) is 11.3 Å². The fourth-order valence-electron chi connectivity index (χ4n) is 3.68. The number of nitrogens with zero attached hydrogens (tertiary/aromatic N) is 3. The first-order valence-corrected chi connectivity index (χ1v) is 12.6. The zero-order valence-electron chi connectivity index (χ0n) is 20.0. The third kappa shape index (κ3) is 5.55. The number of fused-ring (bicyclic) bond motifs is 1. The summed E-state index contributed by atoms with van der Waals surface area (Å²) in [6, 6.07) is 23.8. The van der Waals surface area contributed by atoms with Crippen molar-refractivity contribution in [1.29, 1.82) is 0 Å². The highest BCUT2D eigenvalue weighted by molar-refractivity contribution is 7.07. The number of nitrogens with one attached hydrogen (secondary N) is 1. The zero-order chi connectivity index (χ0) is 24.9.